The highest BCUT2D eigenvalue weighted by Crippen LogP contribution is 2.28. The van der Waals surface area contributed by atoms with Crippen LogP contribution in [-0.2, 0) is 17.5 Å². The zero-order valence-corrected chi connectivity index (χ0v) is 11.6. The van der Waals surface area contributed by atoms with Crippen LogP contribution in [0, 0.1) is 0 Å². The first kappa shape index (κ1) is 16.5. The maximum absolute atomic E-state index is 12.4. The van der Waals surface area contributed by atoms with Crippen LogP contribution in [0.3, 0.4) is 0 Å². The van der Waals surface area contributed by atoms with E-state index in [1.165, 1.54) is 12.1 Å². The van der Waals surface area contributed by atoms with E-state index in [9.17, 15) is 18.0 Å². The highest BCUT2D eigenvalue weighted by molar-refractivity contribution is 5.81. The summed E-state index contributed by atoms with van der Waals surface area (Å²) in [5, 5.41) is 5.72. The third kappa shape index (κ3) is 5.21. The molecule has 0 saturated carbocycles. The molecule has 112 valence electrons. The van der Waals surface area contributed by atoms with Crippen LogP contribution >= 0.6 is 0 Å². The molecule has 3 nitrogen and oxygen atoms in total. The predicted octanol–water partition coefficient (Wildman–Crippen LogP) is 2.71. The summed E-state index contributed by atoms with van der Waals surface area (Å²) in [6.45, 7) is 4.64. The van der Waals surface area contributed by atoms with E-state index in [1.54, 1.807) is 6.92 Å². The number of amides is 1. The van der Waals surface area contributed by atoms with Gasteiger partial charge in [-0.3, -0.25) is 4.79 Å². The first-order chi connectivity index (χ1) is 9.34. The van der Waals surface area contributed by atoms with Crippen LogP contribution in [0.15, 0.2) is 24.3 Å². The van der Waals surface area contributed by atoms with Crippen molar-refractivity contribution in [1.82, 2.24) is 10.6 Å². The number of carbonyl (C=O) groups is 1. The number of carbonyl (C=O) groups excluding carboxylic acids is 1. The molecule has 6 heteroatoms. The number of alkyl halides is 3. The Morgan fingerprint density at radius 3 is 2.35 bits per heavy atom. The van der Waals surface area contributed by atoms with Gasteiger partial charge in [0.05, 0.1) is 11.6 Å². The van der Waals surface area contributed by atoms with Gasteiger partial charge in [-0.15, -0.1) is 0 Å². The summed E-state index contributed by atoms with van der Waals surface area (Å²) in [6, 6.07) is 4.51. The number of hydrogen-bond donors (Lipinski definition) is 2. The fraction of sp³-hybridized carbons (Fsp3) is 0.500. The van der Waals surface area contributed by atoms with Crippen molar-refractivity contribution in [2.75, 3.05) is 6.54 Å². The summed E-state index contributed by atoms with van der Waals surface area (Å²) in [6.07, 6.45) is -3.46. The molecule has 0 aliphatic carbocycles. The van der Waals surface area contributed by atoms with Gasteiger partial charge in [0.15, 0.2) is 0 Å². The van der Waals surface area contributed by atoms with Crippen molar-refractivity contribution in [2.24, 2.45) is 0 Å². The zero-order valence-electron chi connectivity index (χ0n) is 11.6. The lowest BCUT2D eigenvalue weighted by Gasteiger charge is -2.14. The van der Waals surface area contributed by atoms with E-state index in [2.05, 4.69) is 10.6 Å². The maximum Gasteiger partial charge on any atom is 0.416 e. The van der Waals surface area contributed by atoms with Crippen LogP contribution in [0.5, 0.6) is 0 Å². The minimum absolute atomic E-state index is 0.112. The Labute approximate surface area is 116 Å². The number of rotatable bonds is 6. The summed E-state index contributed by atoms with van der Waals surface area (Å²) >= 11 is 0. The van der Waals surface area contributed by atoms with E-state index < -0.39 is 11.7 Å². The van der Waals surface area contributed by atoms with Crippen LogP contribution in [0.2, 0.25) is 0 Å². The van der Waals surface area contributed by atoms with Crippen molar-refractivity contribution < 1.29 is 18.0 Å². The fourth-order valence-corrected chi connectivity index (χ4v) is 1.58. The van der Waals surface area contributed by atoms with Gasteiger partial charge in [-0.2, -0.15) is 13.2 Å². The topological polar surface area (TPSA) is 41.1 Å². The highest BCUT2D eigenvalue weighted by atomic mass is 19.4. The van der Waals surface area contributed by atoms with Gasteiger partial charge in [0.2, 0.25) is 5.91 Å². The standard InChI is InChI=1S/C14H19F3N2O/c1-3-8-18-13(20)10(2)19-9-11-4-6-12(7-5-11)14(15,16)17/h4-7,10,19H,3,8-9H2,1-2H3,(H,18,20). The van der Waals surface area contributed by atoms with Crippen LogP contribution in [0.1, 0.15) is 31.4 Å². The van der Waals surface area contributed by atoms with Gasteiger partial charge in [-0.1, -0.05) is 19.1 Å². The van der Waals surface area contributed by atoms with Crippen molar-refractivity contribution in [3.8, 4) is 0 Å². The van der Waals surface area contributed by atoms with Crippen LogP contribution in [0.4, 0.5) is 13.2 Å². The molecular weight excluding hydrogens is 269 g/mol. The fourth-order valence-electron chi connectivity index (χ4n) is 1.58. The first-order valence-corrected chi connectivity index (χ1v) is 6.51. The summed E-state index contributed by atoms with van der Waals surface area (Å²) in [5.74, 6) is -0.112. The van der Waals surface area contributed by atoms with E-state index in [0.717, 1.165) is 18.6 Å². The van der Waals surface area contributed by atoms with E-state index in [4.69, 9.17) is 0 Å². The van der Waals surface area contributed by atoms with Crippen LogP contribution < -0.4 is 10.6 Å². The Balaban J connectivity index is 2.48. The predicted molar refractivity (Wildman–Crippen MR) is 71.0 cm³/mol. The van der Waals surface area contributed by atoms with Gasteiger partial charge in [-0.25, -0.2) is 0 Å². The molecule has 1 aromatic carbocycles. The Morgan fingerprint density at radius 2 is 1.85 bits per heavy atom. The van der Waals surface area contributed by atoms with E-state index >= 15 is 0 Å². The molecule has 1 aromatic rings. The van der Waals surface area contributed by atoms with Crippen molar-refractivity contribution in [2.45, 2.75) is 39.0 Å². The summed E-state index contributed by atoms with van der Waals surface area (Å²) < 4.78 is 37.2. The second-order valence-electron chi connectivity index (χ2n) is 4.59. The summed E-state index contributed by atoms with van der Waals surface area (Å²) in [5.41, 5.74) is 0.0307. The molecule has 0 aliphatic rings. The molecule has 0 heterocycles. The van der Waals surface area contributed by atoms with Crippen molar-refractivity contribution in [3.63, 3.8) is 0 Å². The Bertz CT molecular complexity index is 429. The number of benzene rings is 1. The molecule has 0 spiro atoms. The Kier molecular flexibility index (Phi) is 6.01. The SMILES string of the molecule is CCCNC(=O)C(C)NCc1ccc(C(F)(F)F)cc1. The Hall–Kier alpha value is -1.56. The largest absolute Gasteiger partial charge is 0.416 e. The lowest BCUT2D eigenvalue weighted by molar-refractivity contribution is -0.137. The maximum atomic E-state index is 12.4. The van der Waals surface area contributed by atoms with Gasteiger partial charge in [0, 0.05) is 13.1 Å². The lowest BCUT2D eigenvalue weighted by atomic mass is 10.1. The average molecular weight is 288 g/mol. The molecule has 0 aromatic heterocycles. The molecule has 0 bridgehead atoms. The van der Waals surface area contributed by atoms with E-state index in [0.29, 0.717) is 18.7 Å². The third-order valence-electron chi connectivity index (χ3n) is 2.84. The molecule has 2 N–H and O–H groups in total. The molecule has 1 amide bonds. The molecule has 0 radical (unpaired) electrons. The third-order valence-corrected chi connectivity index (χ3v) is 2.84. The molecule has 1 atom stereocenters. The van der Waals surface area contributed by atoms with E-state index in [1.807, 2.05) is 6.92 Å². The smallest absolute Gasteiger partial charge is 0.355 e. The number of hydrogen-bond acceptors (Lipinski definition) is 2. The van der Waals surface area contributed by atoms with Crippen molar-refractivity contribution in [3.05, 3.63) is 35.4 Å². The molecule has 20 heavy (non-hydrogen) atoms. The lowest BCUT2D eigenvalue weighted by Crippen LogP contribution is -2.42. The van der Waals surface area contributed by atoms with Gasteiger partial charge in [-0.05, 0) is 31.0 Å². The minimum Gasteiger partial charge on any atom is -0.355 e. The zero-order chi connectivity index (χ0) is 15.2. The Morgan fingerprint density at radius 1 is 1.25 bits per heavy atom. The molecule has 0 saturated heterocycles. The van der Waals surface area contributed by atoms with Crippen LogP contribution in [-0.4, -0.2) is 18.5 Å². The highest BCUT2D eigenvalue weighted by Gasteiger charge is 2.29. The molecule has 1 unspecified atom stereocenters. The normalized spacial score (nSPS) is 13.1. The molecule has 1 rings (SSSR count). The van der Waals surface area contributed by atoms with Crippen LogP contribution in [0.25, 0.3) is 0 Å². The number of nitrogens with one attached hydrogen (secondary N) is 2. The van der Waals surface area contributed by atoms with Gasteiger partial charge in [0.25, 0.3) is 0 Å². The minimum atomic E-state index is -4.32. The number of halogens is 3. The molecule has 0 aliphatic heterocycles. The quantitative estimate of drug-likeness (QED) is 0.845. The molecule has 0 fully saturated rings. The van der Waals surface area contributed by atoms with Gasteiger partial charge >= 0.3 is 6.18 Å². The summed E-state index contributed by atoms with van der Waals surface area (Å²) in [7, 11) is 0. The van der Waals surface area contributed by atoms with Gasteiger partial charge < -0.3 is 10.6 Å². The van der Waals surface area contributed by atoms with Crippen molar-refractivity contribution in [1.29, 1.82) is 0 Å². The van der Waals surface area contributed by atoms with E-state index in [-0.39, 0.29) is 11.9 Å². The first-order valence-electron chi connectivity index (χ1n) is 6.51. The summed E-state index contributed by atoms with van der Waals surface area (Å²) in [4.78, 5) is 11.6. The van der Waals surface area contributed by atoms with Gasteiger partial charge in [0.1, 0.15) is 0 Å². The van der Waals surface area contributed by atoms with Crippen molar-refractivity contribution >= 4 is 5.91 Å². The molecular formula is C14H19F3N2O. The second-order valence-corrected chi connectivity index (χ2v) is 4.59. The average Bonchev–Trinajstić information content (AvgIpc) is 2.41. The second kappa shape index (κ2) is 7.28. The monoisotopic (exact) mass is 288 g/mol.